The number of rotatable bonds is 5. The Morgan fingerprint density at radius 3 is 2.70 bits per heavy atom. The van der Waals surface area contributed by atoms with Gasteiger partial charge in [-0.15, -0.1) is 0 Å². The zero-order valence-corrected chi connectivity index (χ0v) is 16.2. The van der Waals surface area contributed by atoms with Crippen LogP contribution in [0.1, 0.15) is 32.6 Å². The van der Waals surface area contributed by atoms with E-state index in [-0.39, 0.29) is 24.5 Å². The summed E-state index contributed by atoms with van der Waals surface area (Å²) >= 11 is 6.28. The highest BCUT2D eigenvalue weighted by atomic mass is 35.5. The van der Waals surface area contributed by atoms with Crippen LogP contribution < -0.4 is 14.8 Å². The first-order valence-electron chi connectivity index (χ1n) is 9.38. The zero-order chi connectivity index (χ0) is 19.2. The van der Waals surface area contributed by atoms with Gasteiger partial charge in [0.15, 0.2) is 11.5 Å². The maximum atomic E-state index is 12.6. The summed E-state index contributed by atoms with van der Waals surface area (Å²) in [4.78, 5) is 26.6. The van der Waals surface area contributed by atoms with Gasteiger partial charge in [0.05, 0.1) is 37.1 Å². The number of ether oxygens (including phenoxy) is 3. The monoisotopic (exact) mass is 396 g/mol. The number of piperidine rings is 1. The molecule has 1 atom stereocenters. The van der Waals surface area contributed by atoms with Crippen molar-refractivity contribution in [3.05, 3.63) is 17.2 Å². The minimum absolute atomic E-state index is 0.105. The third-order valence-corrected chi connectivity index (χ3v) is 4.94. The van der Waals surface area contributed by atoms with E-state index < -0.39 is 0 Å². The number of nitrogens with zero attached hydrogens (tertiary/aromatic N) is 1. The number of likely N-dealkylation sites (tertiary alicyclic amines) is 1. The van der Waals surface area contributed by atoms with Gasteiger partial charge >= 0.3 is 5.97 Å². The molecule has 0 aliphatic carbocycles. The normalized spacial score (nSPS) is 19.9. The largest absolute Gasteiger partial charge is 0.490 e. The fourth-order valence-electron chi connectivity index (χ4n) is 3.34. The molecule has 0 bridgehead atoms. The molecule has 27 heavy (non-hydrogen) atoms. The summed E-state index contributed by atoms with van der Waals surface area (Å²) in [6, 6.07) is 2.96. The van der Waals surface area contributed by atoms with E-state index >= 15 is 0 Å². The molecule has 1 saturated heterocycles. The summed E-state index contributed by atoms with van der Waals surface area (Å²) < 4.78 is 16.4. The molecule has 0 radical (unpaired) electrons. The number of amides is 1. The van der Waals surface area contributed by atoms with Crippen LogP contribution in [0.15, 0.2) is 12.1 Å². The van der Waals surface area contributed by atoms with Crippen molar-refractivity contribution in [1.29, 1.82) is 0 Å². The van der Waals surface area contributed by atoms with Gasteiger partial charge in [-0.25, -0.2) is 0 Å². The number of esters is 1. The van der Waals surface area contributed by atoms with E-state index in [2.05, 4.69) is 5.32 Å². The minimum atomic E-state index is -0.372. The van der Waals surface area contributed by atoms with Crippen molar-refractivity contribution < 1.29 is 23.8 Å². The van der Waals surface area contributed by atoms with Crippen LogP contribution in [0.5, 0.6) is 11.5 Å². The summed E-state index contributed by atoms with van der Waals surface area (Å²) in [5.41, 5.74) is 0.468. The highest BCUT2D eigenvalue weighted by Crippen LogP contribution is 2.37. The molecule has 8 heteroatoms. The zero-order valence-electron chi connectivity index (χ0n) is 15.5. The summed E-state index contributed by atoms with van der Waals surface area (Å²) in [6.45, 7) is 4.03. The number of halogens is 1. The van der Waals surface area contributed by atoms with Gasteiger partial charge in [0.1, 0.15) is 6.04 Å². The SMILES string of the molecule is CCOC(=O)[C@H]1CCCCN1CC(=O)Nc1cc2c(cc1Cl)OCCCO2. The summed E-state index contributed by atoms with van der Waals surface area (Å²) in [6.07, 6.45) is 3.40. The molecular formula is C19H25ClN2O5. The average Bonchev–Trinajstić information content (AvgIpc) is 2.87. The number of fused-ring (bicyclic) bond motifs is 1. The fourth-order valence-corrected chi connectivity index (χ4v) is 3.54. The van der Waals surface area contributed by atoms with Crippen molar-refractivity contribution in [2.24, 2.45) is 0 Å². The topological polar surface area (TPSA) is 77.1 Å². The molecule has 1 amide bonds. The van der Waals surface area contributed by atoms with Gasteiger partial charge in [0, 0.05) is 18.6 Å². The van der Waals surface area contributed by atoms with Gasteiger partial charge in [0.2, 0.25) is 5.91 Å². The number of carbonyl (C=O) groups is 2. The molecule has 3 rings (SSSR count). The molecule has 1 aromatic rings. The number of hydrogen-bond acceptors (Lipinski definition) is 6. The first-order chi connectivity index (χ1) is 13.1. The number of anilines is 1. The van der Waals surface area contributed by atoms with Crippen molar-refractivity contribution in [3.63, 3.8) is 0 Å². The molecule has 148 valence electrons. The maximum Gasteiger partial charge on any atom is 0.323 e. The predicted octanol–water partition coefficient (Wildman–Crippen LogP) is 2.86. The molecule has 2 heterocycles. The number of nitrogens with one attached hydrogen (secondary N) is 1. The fraction of sp³-hybridized carbons (Fsp3) is 0.579. The third kappa shape index (κ3) is 5.05. The van der Waals surface area contributed by atoms with E-state index in [1.807, 2.05) is 4.90 Å². The van der Waals surface area contributed by atoms with Gasteiger partial charge in [-0.1, -0.05) is 18.0 Å². The van der Waals surface area contributed by atoms with Crippen LogP contribution in [-0.4, -0.2) is 55.7 Å². The van der Waals surface area contributed by atoms with Gasteiger partial charge in [0.25, 0.3) is 0 Å². The van der Waals surface area contributed by atoms with Crippen molar-refractivity contribution in [2.45, 2.75) is 38.6 Å². The predicted molar refractivity (Wildman–Crippen MR) is 102 cm³/mol. The Labute approximate surface area is 163 Å². The van der Waals surface area contributed by atoms with Crippen LogP contribution in [-0.2, 0) is 14.3 Å². The number of carbonyl (C=O) groups excluding carboxylic acids is 2. The van der Waals surface area contributed by atoms with Crippen LogP contribution >= 0.6 is 11.6 Å². The first kappa shape index (κ1) is 19.8. The Balaban J connectivity index is 1.66. The van der Waals surface area contributed by atoms with Gasteiger partial charge in [-0.2, -0.15) is 0 Å². The quantitative estimate of drug-likeness (QED) is 0.771. The second-order valence-electron chi connectivity index (χ2n) is 6.61. The van der Waals surface area contributed by atoms with E-state index in [1.165, 1.54) is 0 Å². The molecule has 0 spiro atoms. The van der Waals surface area contributed by atoms with Crippen LogP contribution in [0, 0.1) is 0 Å². The van der Waals surface area contributed by atoms with Crippen LogP contribution in [0.2, 0.25) is 5.02 Å². The first-order valence-corrected chi connectivity index (χ1v) is 9.76. The average molecular weight is 397 g/mol. The molecule has 0 saturated carbocycles. The highest BCUT2D eigenvalue weighted by molar-refractivity contribution is 6.34. The molecule has 2 aliphatic rings. The van der Waals surface area contributed by atoms with Crippen molar-refractivity contribution in [2.75, 3.05) is 38.2 Å². The van der Waals surface area contributed by atoms with E-state index in [9.17, 15) is 9.59 Å². The minimum Gasteiger partial charge on any atom is -0.490 e. The molecule has 0 aromatic heterocycles. The smallest absolute Gasteiger partial charge is 0.323 e. The lowest BCUT2D eigenvalue weighted by atomic mass is 10.0. The molecule has 2 aliphatic heterocycles. The Bertz CT molecular complexity index is 697. The van der Waals surface area contributed by atoms with Crippen molar-refractivity contribution >= 4 is 29.2 Å². The molecule has 7 nitrogen and oxygen atoms in total. The Morgan fingerprint density at radius 1 is 1.22 bits per heavy atom. The maximum absolute atomic E-state index is 12.6. The molecule has 1 N–H and O–H groups in total. The second kappa shape index (κ2) is 9.28. The Kier molecular flexibility index (Phi) is 6.79. The Morgan fingerprint density at radius 2 is 1.96 bits per heavy atom. The molecule has 1 aromatic carbocycles. The van der Waals surface area contributed by atoms with Crippen molar-refractivity contribution in [1.82, 2.24) is 4.90 Å². The lowest BCUT2D eigenvalue weighted by molar-refractivity contribution is -0.151. The Hall–Kier alpha value is -1.99. The van der Waals surface area contributed by atoms with Crippen LogP contribution in [0.4, 0.5) is 5.69 Å². The van der Waals surface area contributed by atoms with Crippen molar-refractivity contribution in [3.8, 4) is 11.5 Å². The van der Waals surface area contributed by atoms with Crippen LogP contribution in [0.25, 0.3) is 0 Å². The lowest BCUT2D eigenvalue weighted by Gasteiger charge is -2.33. The summed E-state index contributed by atoms with van der Waals surface area (Å²) in [7, 11) is 0. The van der Waals surface area contributed by atoms with E-state index in [4.69, 9.17) is 25.8 Å². The third-order valence-electron chi connectivity index (χ3n) is 4.63. The summed E-state index contributed by atoms with van der Waals surface area (Å²) in [5, 5.41) is 3.20. The molecule has 0 unspecified atom stereocenters. The van der Waals surface area contributed by atoms with E-state index in [1.54, 1.807) is 19.1 Å². The lowest BCUT2D eigenvalue weighted by Crippen LogP contribution is -2.48. The van der Waals surface area contributed by atoms with Gasteiger partial charge in [-0.3, -0.25) is 14.5 Å². The molecular weight excluding hydrogens is 372 g/mol. The number of benzene rings is 1. The van der Waals surface area contributed by atoms with E-state index in [0.29, 0.717) is 55.0 Å². The summed E-state index contributed by atoms with van der Waals surface area (Å²) in [5.74, 6) is 0.643. The standard InChI is InChI=1S/C19H25ClN2O5/c1-2-25-19(24)15-6-3-4-7-22(15)12-18(23)21-14-11-17-16(10-13(14)20)26-8-5-9-27-17/h10-11,15H,2-9,12H2,1H3,(H,21,23)/t15-/m1/s1. The highest BCUT2D eigenvalue weighted by Gasteiger charge is 2.31. The van der Waals surface area contributed by atoms with Gasteiger partial charge < -0.3 is 19.5 Å². The second-order valence-corrected chi connectivity index (χ2v) is 7.02. The number of hydrogen-bond donors (Lipinski definition) is 1. The van der Waals surface area contributed by atoms with E-state index in [0.717, 1.165) is 19.3 Å². The molecule has 1 fully saturated rings. The van der Waals surface area contributed by atoms with Gasteiger partial charge in [-0.05, 0) is 26.3 Å². The van der Waals surface area contributed by atoms with Crippen LogP contribution in [0.3, 0.4) is 0 Å².